The van der Waals surface area contributed by atoms with Gasteiger partial charge in [0, 0.05) is 24.4 Å². The van der Waals surface area contributed by atoms with E-state index >= 15 is 0 Å². The summed E-state index contributed by atoms with van der Waals surface area (Å²) < 4.78 is 4.27. The monoisotopic (exact) mass is 534 g/mol. The topological polar surface area (TPSA) is 87.2 Å². The molecule has 3 fully saturated rings. The number of amides is 2. The van der Waals surface area contributed by atoms with E-state index in [1.54, 1.807) is 46.7 Å². The molecule has 0 aromatic heterocycles. The lowest BCUT2D eigenvalue weighted by Crippen LogP contribution is -2.55. The average Bonchev–Trinajstić information content (AvgIpc) is 3.41. The van der Waals surface area contributed by atoms with Crippen LogP contribution in [0.1, 0.15) is 46.0 Å². The second-order valence-corrected chi connectivity index (χ2v) is 12.3. The molecular weight excluding hydrogens is 500 g/mol. The molecule has 1 N–H and O–H groups in total. The second-order valence-electron chi connectivity index (χ2n) is 9.98. The van der Waals surface area contributed by atoms with Crippen molar-refractivity contribution in [3.8, 4) is 0 Å². The van der Waals surface area contributed by atoms with E-state index in [-0.39, 0.29) is 37.5 Å². The highest BCUT2D eigenvalue weighted by Gasteiger charge is 2.77. The molecule has 0 radical (unpaired) electrons. The molecule has 5 atom stereocenters. The zero-order valence-electron chi connectivity index (χ0n) is 21.0. The Morgan fingerprint density at radius 3 is 2.72 bits per heavy atom. The minimum absolute atomic E-state index is 0.0849. The number of anilines is 1. The molecule has 3 aliphatic rings. The third kappa shape index (κ3) is 4.35. The lowest BCUT2D eigenvalue weighted by Gasteiger charge is -2.37. The van der Waals surface area contributed by atoms with E-state index in [4.69, 9.17) is 16.3 Å². The summed E-state index contributed by atoms with van der Waals surface area (Å²) in [6, 6.07) is 6.44. The molecule has 0 aliphatic carbocycles. The normalized spacial score (nSPS) is 30.4. The fourth-order valence-corrected chi connectivity index (χ4v) is 8.94. The number of halogens is 1. The number of nitrogens with zero attached hydrogens (tertiary/aromatic N) is 2. The minimum atomic E-state index is -0.730. The van der Waals surface area contributed by atoms with Gasteiger partial charge in [-0.3, -0.25) is 14.4 Å². The molecular formula is C27H35ClN2O5S. The summed E-state index contributed by atoms with van der Waals surface area (Å²) in [6.07, 6.45) is 5.11. The number of carbonyl (C=O) groups is 3. The number of carbonyl (C=O) groups excluding carboxylic acids is 3. The van der Waals surface area contributed by atoms with Gasteiger partial charge in [-0.15, -0.1) is 18.3 Å². The van der Waals surface area contributed by atoms with Crippen molar-refractivity contribution in [1.82, 2.24) is 4.90 Å². The zero-order chi connectivity index (χ0) is 26.1. The molecule has 7 nitrogen and oxygen atoms in total. The number of benzene rings is 1. The summed E-state index contributed by atoms with van der Waals surface area (Å²) in [6.45, 7) is 8.61. The highest BCUT2D eigenvalue weighted by Crippen LogP contribution is 2.71. The summed E-state index contributed by atoms with van der Waals surface area (Å²) in [7, 11) is 0. The molecule has 3 aliphatic heterocycles. The molecule has 2 amide bonds. The lowest BCUT2D eigenvalue weighted by atomic mass is 9.66. The van der Waals surface area contributed by atoms with Crippen LogP contribution in [-0.2, 0) is 19.1 Å². The van der Waals surface area contributed by atoms with Crippen LogP contribution in [0.5, 0.6) is 0 Å². The number of aliphatic hydroxyl groups excluding tert-OH is 1. The molecule has 0 saturated carbocycles. The lowest BCUT2D eigenvalue weighted by molar-refractivity contribution is -0.155. The first-order chi connectivity index (χ1) is 17.3. The van der Waals surface area contributed by atoms with Crippen molar-refractivity contribution < 1.29 is 24.2 Å². The van der Waals surface area contributed by atoms with Gasteiger partial charge >= 0.3 is 5.97 Å². The summed E-state index contributed by atoms with van der Waals surface area (Å²) >= 11 is 8.13. The van der Waals surface area contributed by atoms with Crippen molar-refractivity contribution in [3.05, 3.63) is 41.9 Å². The standard InChI is InChI=1S/C27H35ClN2O5S/c1-4-15-29(19-12-8-7-11-18(19)28)24(33)22-27-14-13-26(3,36-27)21(25(34)35-5-2)20(27)23(32)30(22)16-9-6-10-17-31/h4,7-8,11-12,20-22,31H,1,5-6,9-10,13-17H2,2-3H3/t20-,21+,22?,26-,27?/m0/s1. The van der Waals surface area contributed by atoms with Gasteiger partial charge in [-0.2, -0.15) is 0 Å². The van der Waals surface area contributed by atoms with Gasteiger partial charge in [-0.05, 0) is 58.1 Å². The van der Waals surface area contributed by atoms with Gasteiger partial charge in [0.2, 0.25) is 5.91 Å². The molecule has 4 rings (SSSR count). The first kappa shape index (κ1) is 27.0. The van der Waals surface area contributed by atoms with E-state index in [1.807, 2.05) is 19.1 Å². The molecule has 2 unspecified atom stereocenters. The molecule has 1 spiro atoms. The van der Waals surface area contributed by atoms with Crippen LogP contribution in [0.3, 0.4) is 0 Å². The number of hydrogen-bond acceptors (Lipinski definition) is 6. The van der Waals surface area contributed by atoms with Gasteiger partial charge in [0.1, 0.15) is 6.04 Å². The third-order valence-electron chi connectivity index (χ3n) is 7.83. The largest absolute Gasteiger partial charge is 0.466 e. The van der Waals surface area contributed by atoms with Crippen molar-refractivity contribution in [1.29, 1.82) is 0 Å². The first-order valence-corrected chi connectivity index (χ1v) is 13.9. The highest BCUT2D eigenvalue weighted by atomic mass is 35.5. The van der Waals surface area contributed by atoms with Gasteiger partial charge in [0.15, 0.2) is 0 Å². The van der Waals surface area contributed by atoms with Gasteiger partial charge in [0.25, 0.3) is 5.91 Å². The van der Waals surface area contributed by atoms with Crippen LogP contribution in [0.2, 0.25) is 5.02 Å². The Morgan fingerprint density at radius 2 is 2.06 bits per heavy atom. The van der Waals surface area contributed by atoms with Crippen molar-refractivity contribution >= 4 is 46.8 Å². The second kappa shape index (κ2) is 10.8. The zero-order valence-corrected chi connectivity index (χ0v) is 22.5. The maximum Gasteiger partial charge on any atom is 0.311 e. The van der Waals surface area contributed by atoms with Crippen molar-refractivity contribution in [2.75, 3.05) is 31.2 Å². The van der Waals surface area contributed by atoms with Gasteiger partial charge in [-0.1, -0.05) is 29.8 Å². The molecule has 2 bridgehead atoms. The van der Waals surface area contributed by atoms with E-state index in [1.165, 1.54) is 0 Å². The van der Waals surface area contributed by atoms with Crippen molar-refractivity contribution in [3.63, 3.8) is 0 Å². The summed E-state index contributed by atoms with van der Waals surface area (Å²) in [5.41, 5.74) is 0.572. The van der Waals surface area contributed by atoms with E-state index in [0.29, 0.717) is 36.5 Å². The first-order valence-electron chi connectivity index (χ1n) is 12.7. The number of rotatable bonds is 11. The number of fused-ring (bicyclic) bond motifs is 1. The third-order valence-corrected chi connectivity index (χ3v) is 10.1. The number of esters is 1. The fraction of sp³-hybridized carbons (Fsp3) is 0.593. The van der Waals surface area contributed by atoms with E-state index in [0.717, 1.165) is 12.8 Å². The Hall–Kier alpha value is -2.03. The smallest absolute Gasteiger partial charge is 0.311 e. The Balaban J connectivity index is 1.77. The molecule has 36 heavy (non-hydrogen) atoms. The van der Waals surface area contributed by atoms with Crippen LogP contribution >= 0.6 is 23.4 Å². The maximum atomic E-state index is 14.4. The highest BCUT2D eigenvalue weighted by molar-refractivity contribution is 8.02. The number of para-hydroxylation sites is 1. The predicted molar refractivity (Wildman–Crippen MR) is 142 cm³/mol. The Morgan fingerprint density at radius 1 is 1.31 bits per heavy atom. The van der Waals surface area contributed by atoms with Crippen molar-refractivity contribution in [2.45, 2.75) is 61.5 Å². The van der Waals surface area contributed by atoms with Crippen LogP contribution < -0.4 is 4.90 Å². The molecule has 1 aromatic rings. The number of unbranched alkanes of at least 4 members (excludes halogenated alkanes) is 2. The number of ether oxygens (including phenoxy) is 1. The van der Waals surface area contributed by atoms with Crippen LogP contribution in [0.4, 0.5) is 5.69 Å². The van der Waals surface area contributed by atoms with Crippen LogP contribution in [0.15, 0.2) is 36.9 Å². The Bertz CT molecular complexity index is 1040. The van der Waals surface area contributed by atoms with Crippen LogP contribution in [0, 0.1) is 11.8 Å². The number of thioether (sulfide) groups is 1. The number of likely N-dealkylation sites (tertiary alicyclic amines) is 1. The van der Waals surface area contributed by atoms with Gasteiger partial charge < -0.3 is 19.6 Å². The van der Waals surface area contributed by atoms with Crippen LogP contribution in [0.25, 0.3) is 0 Å². The average molecular weight is 535 g/mol. The van der Waals surface area contributed by atoms with E-state index in [9.17, 15) is 19.5 Å². The number of hydrogen-bond donors (Lipinski definition) is 1. The van der Waals surface area contributed by atoms with Crippen molar-refractivity contribution in [2.24, 2.45) is 11.8 Å². The fourth-order valence-electron chi connectivity index (χ4n) is 6.36. The summed E-state index contributed by atoms with van der Waals surface area (Å²) in [5, 5.41) is 9.65. The van der Waals surface area contributed by atoms with Crippen LogP contribution in [-0.4, -0.2) is 69.6 Å². The SMILES string of the molecule is C=CCN(C(=O)C1N(CCCCCO)C(=O)[C@@H]2[C@H](C(=O)OCC)[C@]3(C)CCC12S3)c1ccccc1Cl. The van der Waals surface area contributed by atoms with Gasteiger partial charge in [0.05, 0.1) is 33.9 Å². The molecule has 196 valence electrons. The molecule has 3 saturated heterocycles. The Kier molecular flexibility index (Phi) is 8.07. The number of aliphatic hydroxyl groups is 1. The van der Waals surface area contributed by atoms with E-state index in [2.05, 4.69) is 6.58 Å². The molecule has 3 heterocycles. The van der Waals surface area contributed by atoms with E-state index < -0.39 is 27.4 Å². The minimum Gasteiger partial charge on any atom is -0.466 e. The predicted octanol–water partition coefficient (Wildman–Crippen LogP) is 4.07. The molecule has 1 aromatic carbocycles. The molecule has 9 heteroatoms. The maximum absolute atomic E-state index is 14.4. The summed E-state index contributed by atoms with van der Waals surface area (Å²) in [5.74, 6) is -1.90. The quantitative estimate of drug-likeness (QED) is 0.262. The Labute approximate surface area is 222 Å². The van der Waals surface area contributed by atoms with Gasteiger partial charge in [-0.25, -0.2) is 0 Å². The summed E-state index contributed by atoms with van der Waals surface area (Å²) in [4.78, 5) is 44.9.